The van der Waals surface area contributed by atoms with Gasteiger partial charge >= 0.3 is 6.03 Å². The number of rotatable bonds is 5. The van der Waals surface area contributed by atoms with Gasteiger partial charge in [-0.25, -0.2) is 4.79 Å². The van der Waals surface area contributed by atoms with Gasteiger partial charge in [0, 0.05) is 39.3 Å². The highest BCUT2D eigenvalue weighted by atomic mass is 16.5. The van der Waals surface area contributed by atoms with Crippen molar-refractivity contribution < 1.29 is 14.6 Å². The standard InChI is InChI=1S/C15H24N4O3/c1-12(22-14-4-2-13(20)3-5-14)17-15(21)19-10-8-18(7-6-16)9-11-19/h2-5,12,20H,6-11,16H2,1H3,(H,17,21). The summed E-state index contributed by atoms with van der Waals surface area (Å²) in [5, 5.41) is 12.0. The molecular formula is C15H24N4O3. The lowest BCUT2D eigenvalue weighted by atomic mass is 10.3. The van der Waals surface area contributed by atoms with Gasteiger partial charge in [-0.05, 0) is 31.2 Å². The zero-order valence-corrected chi connectivity index (χ0v) is 12.9. The monoisotopic (exact) mass is 308 g/mol. The molecule has 2 amide bonds. The van der Waals surface area contributed by atoms with Crippen LogP contribution < -0.4 is 15.8 Å². The fraction of sp³-hybridized carbons (Fsp3) is 0.533. The van der Waals surface area contributed by atoms with E-state index in [4.69, 9.17) is 10.5 Å². The van der Waals surface area contributed by atoms with Gasteiger partial charge in [0.15, 0.2) is 6.23 Å². The van der Waals surface area contributed by atoms with E-state index in [0.29, 0.717) is 25.4 Å². The molecule has 1 fully saturated rings. The van der Waals surface area contributed by atoms with Crippen LogP contribution >= 0.6 is 0 Å². The zero-order chi connectivity index (χ0) is 15.9. The number of nitrogens with one attached hydrogen (secondary N) is 1. The smallest absolute Gasteiger partial charge is 0.320 e. The molecule has 1 aliphatic heterocycles. The van der Waals surface area contributed by atoms with Crippen molar-refractivity contribution in [2.75, 3.05) is 39.3 Å². The molecule has 1 saturated heterocycles. The third-order valence-corrected chi connectivity index (χ3v) is 3.58. The Morgan fingerprint density at radius 3 is 2.55 bits per heavy atom. The molecule has 0 aliphatic carbocycles. The van der Waals surface area contributed by atoms with Crippen LogP contribution in [0.5, 0.6) is 11.5 Å². The molecule has 0 aromatic heterocycles. The first-order chi connectivity index (χ1) is 10.6. The minimum absolute atomic E-state index is 0.126. The first-order valence-electron chi connectivity index (χ1n) is 7.52. The number of phenolic OH excluding ortho intramolecular Hbond substituents is 1. The van der Waals surface area contributed by atoms with Crippen molar-refractivity contribution in [3.05, 3.63) is 24.3 Å². The van der Waals surface area contributed by atoms with E-state index in [-0.39, 0.29) is 11.8 Å². The average Bonchev–Trinajstić information content (AvgIpc) is 2.50. The molecule has 1 atom stereocenters. The van der Waals surface area contributed by atoms with Crippen LogP contribution in [0.2, 0.25) is 0 Å². The molecule has 122 valence electrons. The second-order valence-electron chi connectivity index (χ2n) is 5.32. The summed E-state index contributed by atoms with van der Waals surface area (Å²) in [7, 11) is 0. The maximum Gasteiger partial charge on any atom is 0.320 e. The van der Waals surface area contributed by atoms with E-state index in [1.807, 2.05) is 0 Å². The van der Waals surface area contributed by atoms with E-state index in [2.05, 4.69) is 10.2 Å². The van der Waals surface area contributed by atoms with Gasteiger partial charge in [-0.2, -0.15) is 0 Å². The lowest BCUT2D eigenvalue weighted by molar-refractivity contribution is 0.122. The summed E-state index contributed by atoms with van der Waals surface area (Å²) in [5.41, 5.74) is 5.54. The molecular weight excluding hydrogens is 284 g/mol. The van der Waals surface area contributed by atoms with E-state index in [1.54, 1.807) is 36.1 Å². The number of carbonyl (C=O) groups excluding carboxylic acids is 1. The van der Waals surface area contributed by atoms with E-state index in [0.717, 1.165) is 19.6 Å². The average molecular weight is 308 g/mol. The summed E-state index contributed by atoms with van der Waals surface area (Å²) in [4.78, 5) is 16.2. The van der Waals surface area contributed by atoms with Crippen molar-refractivity contribution in [1.29, 1.82) is 0 Å². The van der Waals surface area contributed by atoms with Crippen molar-refractivity contribution in [3.63, 3.8) is 0 Å². The van der Waals surface area contributed by atoms with Crippen molar-refractivity contribution in [2.45, 2.75) is 13.2 Å². The van der Waals surface area contributed by atoms with Gasteiger partial charge in [-0.3, -0.25) is 4.90 Å². The van der Waals surface area contributed by atoms with Crippen LogP contribution in [0.1, 0.15) is 6.92 Å². The van der Waals surface area contributed by atoms with Crippen LogP contribution in [0, 0.1) is 0 Å². The third-order valence-electron chi connectivity index (χ3n) is 3.58. The van der Waals surface area contributed by atoms with Crippen molar-refractivity contribution in [3.8, 4) is 11.5 Å². The second-order valence-corrected chi connectivity index (χ2v) is 5.32. The molecule has 0 bridgehead atoms. The van der Waals surface area contributed by atoms with Crippen LogP contribution in [0.4, 0.5) is 4.79 Å². The highest BCUT2D eigenvalue weighted by Gasteiger charge is 2.21. The number of hydrogen-bond acceptors (Lipinski definition) is 5. The topological polar surface area (TPSA) is 91.1 Å². The van der Waals surface area contributed by atoms with Crippen molar-refractivity contribution >= 4 is 6.03 Å². The van der Waals surface area contributed by atoms with Gasteiger partial charge in [0.2, 0.25) is 0 Å². The molecule has 2 rings (SSSR count). The largest absolute Gasteiger partial charge is 0.508 e. The Bertz CT molecular complexity index is 472. The van der Waals surface area contributed by atoms with Gasteiger partial charge in [0.05, 0.1) is 0 Å². The molecule has 0 spiro atoms. The van der Waals surface area contributed by atoms with E-state index in [9.17, 15) is 9.90 Å². The van der Waals surface area contributed by atoms with Crippen LogP contribution in [-0.2, 0) is 0 Å². The Kier molecular flexibility index (Phi) is 5.85. The van der Waals surface area contributed by atoms with E-state index >= 15 is 0 Å². The number of carbonyl (C=O) groups is 1. The Morgan fingerprint density at radius 1 is 1.32 bits per heavy atom. The number of hydrogen-bond donors (Lipinski definition) is 3. The fourth-order valence-electron chi connectivity index (χ4n) is 2.38. The number of nitrogens with two attached hydrogens (primary N) is 1. The quantitative estimate of drug-likeness (QED) is 0.685. The predicted octanol–water partition coefficient (Wildman–Crippen LogP) is 0.403. The molecule has 1 heterocycles. The van der Waals surface area contributed by atoms with Crippen LogP contribution in [0.25, 0.3) is 0 Å². The van der Waals surface area contributed by atoms with Gasteiger partial charge in [-0.15, -0.1) is 0 Å². The highest BCUT2D eigenvalue weighted by Crippen LogP contribution is 2.16. The minimum Gasteiger partial charge on any atom is -0.508 e. The fourth-order valence-corrected chi connectivity index (χ4v) is 2.38. The maximum atomic E-state index is 12.2. The van der Waals surface area contributed by atoms with Crippen molar-refractivity contribution in [1.82, 2.24) is 15.1 Å². The van der Waals surface area contributed by atoms with Gasteiger partial charge in [0.1, 0.15) is 11.5 Å². The molecule has 1 aromatic rings. The molecule has 4 N–H and O–H groups in total. The summed E-state index contributed by atoms with van der Waals surface area (Å²) in [6, 6.07) is 6.27. The third kappa shape index (κ3) is 4.78. The maximum absolute atomic E-state index is 12.2. The first kappa shape index (κ1) is 16.4. The molecule has 1 aromatic carbocycles. The first-order valence-corrected chi connectivity index (χ1v) is 7.52. The molecule has 7 heteroatoms. The molecule has 22 heavy (non-hydrogen) atoms. The normalized spacial score (nSPS) is 17.1. The van der Waals surface area contributed by atoms with Gasteiger partial charge < -0.3 is 25.8 Å². The molecule has 1 aliphatic rings. The lowest BCUT2D eigenvalue weighted by Crippen LogP contribution is -2.54. The summed E-state index contributed by atoms with van der Waals surface area (Å²) in [5.74, 6) is 0.776. The highest BCUT2D eigenvalue weighted by molar-refractivity contribution is 5.74. The van der Waals surface area contributed by atoms with E-state index < -0.39 is 6.23 Å². The number of urea groups is 1. The number of aromatic hydroxyl groups is 1. The Morgan fingerprint density at radius 2 is 1.95 bits per heavy atom. The summed E-state index contributed by atoms with van der Waals surface area (Å²) >= 11 is 0. The number of nitrogens with zero attached hydrogens (tertiary/aromatic N) is 2. The summed E-state index contributed by atoms with van der Waals surface area (Å²) < 4.78 is 5.59. The Hall–Kier alpha value is -1.99. The zero-order valence-electron chi connectivity index (χ0n) is 12.9. The number of amides is 2. The van der Waals surface area contributed by atoms with Crippen LogP contribution in [0.15, 0.2) is 24.3 Å². The van der Waals surface area contributed by atoms with Gasteiger partial charge in [-0.1, -0.05) is 0 Å². The molecule has 7 nitrogen and oxygen atoms in total. The van der Waals surface area contributed by atoms with Gasteiger partial charge in [0.25, 0.3) is 0 Å². The molecule has 0 radical (unpaired) electrons. The van der Waals surface area contributed by atoms with E-state index in [1.165, 1.54) is 0 Å². The molecule has 1 unspecified atom stereocenters. The van der Waals surface area contributed by atoms with Crippen molar-refractivity contribution in [2.24, 2.45) is 5.73 Å². The SMILES string of the molecule is CC(NC(=O)N1CCN(CCN)CC1)Oc1ccc(O)cc1. The summed E-state index contributed by atoms with van der Waals surface area (Å²) in [6.45, 7) is 6.36. The Balaban J connectivity index is 1.75. The number of ether oxygens (including phenoxy) is 1. The predicted molar refractivity (Wildman–Crippen MR) is 83.8 cm³/mol. The minimum atomic E-state index is -0.445. The number of phenols is 1. The van der Waals surface area contributed by atoms with Crippen LogP contribution in [-0.4, -0.2) is 66.4 Å². The summed E-state index contributed by atoms with van der Waals surface area (Å²) in [6.07, 6.45) is -0.445. The number of benzene rings is 1. The van der Waals surface area contributed by atoms with Crippen LogP contribution in [0.3, 0.4) is 0 Å². The second kappa shape index (κ2) is 7.86. The lowest BCUT2D eigenvalue weighted by Gasteiger charge is -2.35. The molecule has 0 saturated carbocycles. The number of piperazine rings is 1. The Labute approximate surface area is 130 Å².